The molecule has 13 nitrogen and oxygen atoms in total. The van der Waals surface area contributed by atoms with Crippen LogP contribution in [0.4, 0.5) is 0 Å². The minimum atomic E-state index is -1.03. The molecule has 3 amide bonds. The Bertz CT molecular complexity index is 1430. The number of aromatic nitrogens is 1. The van der Waals surface area contributed by atoms with Crippen LogP contribution in [-0.4, -0.2) is 86.1 Å². The van der Waals surface area contributed by atoms with Crippen molar-refractivity contribution in [1.29, 1.82) is 0 Å². The van der Waals surface area contributed by atoms with Crippen LogP contribution in [0.2, 0.25) is 0 Å². The van der Waals surface area contributed by atoms with E-state index < -0.39 is 36.0 Å². The Hall–Kier alpha value is -4.85. The Morgan fingerprint density at radius 3 is 1.64 bits per heavy atom. The molecule has 1 heterocycles. The average molecular weight is 645 g/mol. The van der Waals surface area contributed by atoms with Crippen LogP contribution in [0.25, 0.3) is 10.9 Å². The zero-order valence-corrected chi connectivity index (χ0v) is 26.3. The van der Waals surface area contributed by atoms with Crippen LogP contribution < -0.4 is 16.0 Å². The maximum atomic E-state index is 11.1. The summed E-state index contributed by atoms with van der Waals surface area (Å²) in [5.41, 5.74) is 2.73. The van der Waals surface area contributed by atoms with Crippen LogP contribution in [0, 0.1) is 0 Å². The number of carbonyl (C=O) groups excluding carboxylic acids is 3. The van der Waals surface area contributed by atoms with Gasteiger partial charge in [0.2, 0.25) is 17.7 Å². The van der Waals surface area contributed by atoms with Gasteiger partial charge in [-0.25, -0.2) is 14.4 Å². The minimum Gasteiger partial charge on any atom is -0.480 e. The maximum Gasteiger partial charge on any atom is 0.326 e. The largest absolute Gasteiger partial charge is 0.480 e. The Labute approximate surface area is 265 Å². The zero-order valence-electron chi connectivity index (χ0n) is 25.5. The van der Waals surface area contributed by atoms with E-state index in [-0.39, 0.29) is 24.1 Å². The predicted octanol–water partition coefficient (Wildman–Crippen LogP) is 2.45. The maximum absolute atomic E-state index is 11.1. The fourth-order valence-corrected chi connectivity index (χ4v) is 4.47. The van der Waals surface area contributed by atoms with Crippen LogP contribution in [0.5, 0.6) is 0 Å². The highest BCUT2D eigenvalue weighted by molar-refractivity contribution is 7.98. The Morgan fingerprint density at radius 2 is 1.16 bits per heavy atom. The van der Waals surface area contributed by atoms with Crippen LogP contribution in [-0.2, 0) is 41.6 Å². The SMILES string of the molecule is CC(=O)N[C@H](Cc1c[nH]c2ccccc12)C(=O)O.CC(=O)N[C@H](Cc1ccccc1)C(=O)O.CSCC[C@@H](NC(C)=O)C(=O)O. The molecule has 2 aromatic carbocycles. The Kier molecular flexibility index (Phi) is 17.1. The van der Waals surface area contributed by atoms with Gasteiger partial charge in [0.25, 0.3) is 0 Å². The van der Waals surface area contributed by atoms with Crippen LogP contribution in [0.3, 0.4) is 0 Å². The normalized spacial score (nSPS) is 12.1. The van der Waals surface area contributed by atoms with Crippen LogP contribution >= 0.6 is 11.8 Å². The van der Waals surface area contributed by atoms with Gasteiger partial charge in [-0.05, 0) is 35.6 Å². The molecule has 0 spiro atoms. The smallest absolute Gasteiger partial charge is 0.326 e. The summed E-state index contributed by atoms with van der Waals surface area (Å²) in [4.78, 5) is 67.8. The lowest BCUT2D eigenvalue weighted by molar-refractivity contribution is -0.142. The van der Waals surface area contributed by atoms with Crippen LogP contribution in [0.15, 0.2) is 60.8 Å². The van der Waals surface area contributed by atoms with E-state index in [1.54, 1.807) is 18.0 Å². The second-order valence-corrected chi connectivity index (χ2v) is 10.8. The molecule has 0 aliphatic carbocycles. The van der Waals surface area contributed by atoms with Gasteiger partial charge in [0, 0.05) is 50.7 Å². The number of carboxylic acid groups (broad SMARTS) is 3. The molecule has 45 heavy (non-hydrogen) atoms. The summed E-state index contributed by atoms with van der Waals surface area (Å²) in [5, 5.41) is 34.7. The number of carbonyl (C=O) groups is 6. The van der Waals surface area contributed by atoms with E-state index in [9.17, 15) is 28.8 Å². The number of benzene rings is 2. The highest BCUT2D eigenvalue weighted by Crippen LogP contribution is 2.19. The molecule has 1 aromatic heterocycles. The molecule has 14 heteroatoms. The average Bonchev–Trinajstić information content (AvgIpc) is 3.37. The van der Waals surface area contributed by atoms with Gasteiger partial charge in [-0.3, -0.25) is 14.4 Å². The van der Waals surface area contributed by atoms with E-state index >= 15 is 0 Å². The molecule has 0 aliphatic heterocycles. The highest BCUT2D eigenvalue weighted by atomic mass is 32.2. The molecule has 0 fully saturated rings. The van der Waals surface area contributed by atoms with E-state index in [0.717, 1.165) is 27.8 Å². The van der Waals surface area contributed by atoms with Gasteiger partial charge in [-0.1, -0.05) is 48.5 Å². The van der Waals surface area contributed by atoms with Gasteiger partial charge in [0.15, 0.2) is 0 Å². The number of H-pyrrole nitrogens is 1. The summed E-state index contributed by atoms with van der Waals surface area (Å²) in [5.74, 6) is -3.27. The molecule has 0 bridgehead atoms. The summed E-state index contributed by atoms with van der Waals surface area (Å²) in [6.07, 6.45) is 4.71. The van der Waals surface area contributed by atoms with Crippen molar-refractivity contribution < 1.29 is 44.1 Å². The molecular formula is C31H40N4O9S. The van der Waals surface area contributed by atoms with Gasteiger partial charge in [0.05, 0.1) is 0 Å². The number of para-hydroxylation sites is 1. The molecule has 0 radical (unpaired) electrons. The number of nitrogens with one attached hydrogen (secondary N) is 4. The molecule has 0 saturated carbocycles. The third-order valence-electron chi connectivity index (χ3n) is 6.02. The lowest BCUT2D eigenvalue weighted by Gasteiger charge is -2.12. The quantitative estimate of drug-likeness (QED) is 0.144. The monoisotopic (exact) mass is 644 g/mol. The first-order valence-electron chi connectivity index (χ1n) is 13.8. The summed E-state index contributed by atoms with van der Waals surface area (Å²) < 4.78 is 0. The second-order valence-electron chi connectivity index (χ2n) is 9.81. The molecule has 0 aliphatic rings. The van der Waals surface area contributed by atoms with Gasteiger partial charge in [-0.15, -0.1) is 0 Å². The number of thioether (sulfide) groups is 1. The second kappa shape index (κ2) is 20.2. The van der Waals surface area contributed by atoms with Crippen molar-refractivity contribution >= 4 is 58.3 Å². The molecule has 0 unspecified atom stereocenters. The zero-order chi connectivity index (χ0) is 33.9. The molecule has 7 N–H and O–H groups in total. The van der Waals surface area contributed by atoms with E-state index in [4.69, 9.17) is 15.3 Å². The topological polar surface area (TPSA) is 215 Å². The lowest BCUT2D eigenvalue weighted by Crippen LogP contribution is -2.41. The van der Waals surface area contributed by atoms with Crippen molar-refractivity contribution in [2.75, 3.05) is 12.0 Å². The highest BCUT2D eigenvalue weighted by Gasteiger charge is 2.21. The molecule has 3 rings (SSSR count). The fraction of sp³-hybridized carbons (Fsp3) is 0.355. The molecule has 3 aromatic rings. The van der Waals surface area contributed by atoms with Crippen molar-refractivity contribution in [3.8, 4) is 0 Å². The lowest BCUT2D eigenvalue weighted by atomic mass is 10.1. The first-order chi connectivity index (χ1) is 21.2. The van der Waals surface area contributed by atoms with E-state index in [2.05, 4.69) is 20.9 Å². The number of hydrogen-bond acceptors (Lipinski definition) is 7. The minimum absolute atomic E-state index is 0.263. The third kappa shape index (κ3) is 15.4. The van der Waals surface area contributed by atoms with Crippen molar-refractivity contribution in [3.05, 3.63) is 71.9 Å². The van der Waals surface area contributed by atoms with Crippen molar-refractivity contribution in [3.63, 3.8) is 0 Å². The number of fused-ring (bicyclic) bond motifs is 1. The predicted molar refractivity (Wildman–Crippen MR) is 171 cm³/mol. The number of rotatable bonds is 13. The van der Waals surface area contributed by atoms with Crippen molar-refractivity contribution in [2.24, 2.45) is 0 Å². The standard InChI is InChI=1S/C13H14N2O3.C11H13NO3.C7H13NO3S/c1-8(16)15-12(13(17)18)6-9-7-14-11-5-3-2-4-10(9)11;1-8(13)12-10(11(14)15)7-9-5-3-2-4-6-9;1-5(9)8-6(7(10)11)3-4-12-2/h2-5,7,12,14H,6H2,1H3,(H,15,16)(H,17,18);2-6,10H,7H2,1H3,(H,12,13)(H,14,15);6H,3-4H2,1-2H3,(H,8,9)(H,10,11)/t12-;10-;6-/m111/s1. The third-order valence-corrected chi connectivity index (χ3v) is 6.66. The Morgan fingerprint density at radius 1 is 0.689 bits per heavy atom. The summed E-state index contributed by atoms with van der Waals surface area (Å²) in [6, 6.07) is 14.3. The summed E-state index contributed by atoms with van der Waals surface area (Å²) in [7, 11) is 0. The van der Waals surface area contributed by atoms with Crippen LogP contribution in [0.1, 0.15) is 38.3 Å². The van der Waals surface area contributed by atoms with E-state index in [0.29, 0.717) is 12.8 Å². The first-order valence-corrected chi connectivity index (χ1v) is 15.2. The van der Waals surface area contributed by atoms with E-state index in [1.165, 1.54) is 20.8 Å². The van der Waals surface area contributed by atoms with Gasteiger partial charge < -0.3 is 36.3 Å². The molecular weight excluding hydrogens is 604 g/mol. The van der Waals surface area contributed by atoms with E-state index in [1.807, 2.05) is 60.9 Å². The number of carboxylic acids is 3. The van der Waals surface area contributed by atoms with Crippen molar-refractivity contribution in [1.82, 2.24) is 20.9 Å². The fourth-order valence-electron chi connectivity index (χ4n) is 4.00. The van der Waals surface area contributed by atoms with Crippen molar-refractivity contribution in [2.45, 2.75) is 58.2 Å². The first kappa shape index (κ1) is 38.2. The number of aliphatic carboxylic acids is 3. The number of hydrogen-bond donors (Lipinski definition) is 7. The number of aromatic amines is 1. The Balaban J connectivity index is 0.000000346. The van der Waals surface area contributed by atoms with Gasteiger partial charge >= 0.3 is 17.9 Å². The summed E-state index contributed by atoms with van der Waals surface area (Å²) in [6.45, 7) is 3.93. The van der Waals surface area contributed by atoms with Gasteiger partial charge in [0.1, 0.15) is 18.1 Å². The molecule has 3 atom stereocenters. The molecule has 244 valence electrons. The summed E-state index contributed by atoms with van der Waals surface area (Å²) >= 11 is 1.56. The number of amides is 3. The molecule has 0 saturated heterocycles. The van der Waals surface area contributed by atoms with Gasteiger partial charge in [-0.2, -0.15) is 11.8 Å².